The molecule has 0 atom stereocenters. The smallest absolute Gasteiger partial charge is 0.256 e. The maximum Gasteiger partial charge on any atom is 0.256 e. The topological polar surface area (TPSA) is 21.3 Å². The van der Waals surface area contributed by atoms with Crippen LogP contribution >= 0.6 is 12.2 Å². The van der Waals surface area contributed by atoms with E-state index in [2.05, 4.69) is 12.2 Å². The van der Waals surface area contributed by atoms with Gasteiger partial charge in [0.15, 0.2) is 0 Å². The van der Waals surface area contributed by atoms with Gasteiger partial charge >= 0.3 is 0 Å². The molecule has 0 bridgehead atoms. The van der Waals surface area contributed by atoms with Crippen molar-refractivity contribution in [1.29, 1.82) is 0 Å². The molecule has 0 saturated carbocycles. The summed E-state index contributed by atoms with van der Waals surface area (Å²) in [6.07, 6.45) is 3.66. The fraction of sp³-hybridized carbons (Fsp3) is 0.875. The third-order valence-corrected chi connectivity index (χ3v) is 1.59. The van der Waals surface area contributed by atoms with Gasteiger partial charge in [-0.1, -0.05) is 19.8 Å². The number of nitrogens with one attached hydrogen (secondary N) is 1. The van der Waals surface area contributed by atoms with Crippen LogP contribution in [-0.4, -0.2) is 18.3 Å². The minimum Gasteiger partial charge on any atom is -0.471 e. The third-order valence-electron chi connectivity index (χ3n) is 1.33. The molecule has 66 valence electrons. The summed E-state index contributed by atoms with van der Waals surface area (Å²) < 4.78 is 5.04. The Kier molecular flexibility index (Phi) is 7.57. The van der Waals surface area contributed by atoms with Crippen LogP contribution in [0, 0.1) is 0 Å². The van der Waals surface area contributed by atoms with Gasteiger partial charge in [0.2, 0.25) is 0 Å². The zero-order valence-electron chi connectivity index (χ0n) is 7.35. The molecule has 0 aromatic carbocycles. The first kappa shape index (κ1) is 10.7. The van der Waals surface area contributed by atoms with Crippen LogP contribution in [0.5, 0.6) is 0 Å². The molecule has 0 aliphatic carbocycles. The number of hydrogen-bond acceptors (Lipinski definition) is 2. The minimum atomic E-state index is 0.531. The largest absolute Gasteiger partial charge is 0.471 e. The first-order valence-electron chi connectivity index (χ1n) is 4.21. The fourth-order valence-electron chi connectivity index (χ4n) is 0.748. The van der Waals surface area contributed by atoms with E-state index in [9.17, 15) is 0 Å². The molecule has 0 aromatic rings. The summed E-state index contributed by atoms with van der Waals surface area (Å²) in [6, 6.07) is 0. The summed E-state index contributed by atoms with van der Waals surface area (Å²) in [6.45, 7) is 5.70. The first-order valence-corrected chi connectivity index (χ1v) is 4.62. The predicted molar refractivity (Wildman–Crippen MR) is 51.8 cm³/mol. The molecule has 0 unspecified atom stereocenters. The molecule has 0 fully saturated rings. The Morgan fingerprint density at radius 3 is 2.64 bits per heavy atom. The van der Waals surface area contributed by atoms with E-state index in [4.69, 9.17) is 17.0 Å². The second-order valence-electron chi connectivity index (χ2n) is 2.35. The molecule has 0 spiro atoms. The standard InChI is InChI=1S/C8H17NOS/c1-3-5-6-7-9-8(11)10-4-2/h3-7H2,1-2H3,(H,9,11). The number of rotatable bonds is 5. The van der Waals surface area contributed by atoms with Crippen LogP contribution in [0.15, 0.2) is 0 Å². The van der Waals surface area contributed by atoms with Gasteiger partial charge < -0.3 is 10.1 Å². The quantitative estimate of drug-likeness (QED) is 0.510. The highest BCUT2D eigenvalue weighted by atomic mass is 32.1. The second-order valence-corrected chi connectivity index (χ2v) is 2.73. The van der Waals surface area contributed by atoms with Gasteiger partial charge in [-0.25, -0.2) is 0 Å². The molecule has 1 N–H and O–H groups in total. The lowest BCUT2D eigenvalue weighted by Gasteiger charge is -2.06. The van der Waals surface area contributed by atoms with Crippen molar-refractivity contribution in [3.63, 3.8) is 0 Å². The number of unbranched alkanes of at least 4 members (excludes halogenated alkanes) is 2. The average Bonchev–Trinajstić information content (AvgIpc) is 1.99. The summed E-state index contributed by atoms with van der Waals surface area (Å²) in [5, 5.41) is 3.56. The van der Waals surface area contributed by atoms with Crippen molar-refractivity contribution in [2.75, 3.05) is 13.2 Å². The van der Waals surface area contributed by atoms with Crippen LogP contribution in [0.25, 0.3) is 0 Å². The highest BCUT2D eigenvalue weighted by molar-refractivity contribution is 7.80. The van der Waals surface area contributed by atoms with Crippen molar-refractivity contribution < 1.29 is 4.74 Å². The Labute approximate surface area is 74.3 Å². The molecule has 0 aliphatic heterocycles. The molecule has 0 amide bonds. The highest BCUT2D eigenvalue weighted by Crippen LogP contribution is 1.91. The molecule has 0 rings (SSSR count). The number of ether oxygens (including phenoxy) is 1. The van der Waals surface area contributed by atoms with Crippen LogP contribution in [0.4, 0.5) is 0 Å². The van der Waals surface area contributed by atoms with Crippen LogP contribution in [0.3, 0.4) is 0 Å². The van der Waals surface area contributed by atoms with Gasteiger partial charge in [-0.05, 0) is 25.6 Å². The Morgan fingerprint density at radius 1 is 1.36 bits per heavy atom. The fourth-order valence-corrected chi connectivity index (χ4v) is 0.967. The predicted octanol–water partition coefficient (Wildman–Crippen LogP) is 2.09. The minimum absolute atomic E-state index is 0.531. The van der Waals surface area contributed by atoms with Crippen molar-refractivity contribution in [2.45, 2.75) is 33.1 Å². The lowest BCUT2D eigenvalue weighted by atomic mass is 10.2. The summed E-state index contributed by atoms with van der Waals surface area (Å²) in [4.78, 5) is 0. The Hall–Kier alpha value is -0.310. The van der Waals surface area contributed by atoms with Crippen molar-refractivity contribution in [3.8, 4) is 0 Å². The van der Waals surface area contributed by atoms with Crippen molar-refractivity contribution in [3.05, 3.63) is 0 Å². The van der Waals surface area contributed by atoms with Crippen LogP contribution in [0.2, 0.25) is 0 Å². The summed E-state index contributed by atoms with van der Waals surface area (Å²) in [5.41, 5.74) is 0. The zero-order valence-corrected chi connectivity index (χ0v) is 8.17. The van der Waals surface area contributed by atoms with E-state index in [1.54, 1.807) is 0 Å². The molecular formula is C8H17NOS. The van der Waals surface area contributed by atoms with Crippen molar-refractivity contribution >= 4 is 17.4 Å². The van der Waals surface area contributed by atoms with Crippen LogP contribution in [0.1, 0.15) is 33.1 Å². The maximum atomic E-state index is 5.04. The third kappa shape index (κ3) is 7.59. The lowest BCUT2D eigenvalue weighted by molar-refractivity contribution is 0.320. The van der Waals surface area contributed by atoms with E-state index >= 15 is 0 Å². The van der Waals surface area contributed by atoms with Gasteiger partial charge in [0.05, 0.1) is 6.61 Å². The number of hydrogen-bond donors (Lipinski definition) is 1. The van der Waals surface area contributed by atoms with Gasteiger partial charge in [0.1, 0.15) is 0 Å². The normalized spacial score (nSPS) is 9.27. The molecule has 0 heterocycles. The van der Waals surface area contributed by atoms with E-state index in [0.717, 1.165) is 6.54 Å². The first-order chi connectivity index (χ1) is 5.31. The molecule has 0 aromatic heterocycles. The Morgan fingerprint density at radius 2 is 2.09 bits per heavy atom. The molecule has 11 heavy (non-hydrogen) atoms. The van der Waals surface area contributed by atoms with Gasteiger partial charge in [-0.15, -0.1) is 0 Å². The lowest BCUT2D eigenvalue weighted by Crippen LogP contribution is -2.24. The maximum absolute atomic E-state index is 5.04. The van der Waals surface area contributed by atoms with Crippen LogP contribution in [-0.2, 0) is 4.74 Å². The summed E-state index contributed by atoms with van der Waals surface area (Å²) in [5.74, 6) is 0. The molecule has 3 heteroatoms. The van der Waals surface area contributed by atoms with E-state index in [1.807, 2.05) is 6.92 Å². The van der Waals surface area contributed by atoms with Gasteiger partial charge in [-0.3, -0.25) is 0 Å². The number of thiocarbonyl (C=S) groups is 1. The van der Waals surface area contributed by atoms with Gasteiger partial charge in [0.25, 0.3) is 5.17 Å². The SMILES string of the molecule is CCCCCNC(=S)OCC. The molecule has 0 aliphatic rings. The van der Waals surface area contributed by atoms with Gasteiger partial charge in [0, 0.05) is 6.54 Å². The van der Waals surface area contributed by atoms with E-state index in [1.165, 1.54) is 19.3 Å². The van der Waals surface area contributed by atoms with Crippen molar-refractivity contribution in [1.82, 2.24) is 5.32 Å². The average molecular weight is 175 g/mol. The molecular weight excluding hydrogens is 158 g/mol. The summed E-state index contributed by atoms with van der Waals surface area (Å²) in [7, 11) is 0. The Balaban J connectivity index is 3.04. The second kappa shape index (κ2) is 7.79. The summed E-state index contributed by atoms with van der Waals surface area (Å²) >= 11 is 4.87. The monoisotopic (exact) mass is 175 g/mol. The van der Waals surface area contributed by atoms with Gasteiger partial charge in [-0.2, -0.15) is 0 Å². The highest BCUT2D eigenvalue weighted by Gasteiger charge is 1.92. The molecule has 2 nitrogen and oxygen atoms in total. The van der Waals surface area contributed by atoms with E-state index in [0.29, 0.717) is 11.8 Å². The molecule has 0 saturated heterocycles. The molecule has 0 radical (unpaired) electrons. The van der Waals surface area contributed by atoms with E-state index < -0.39 is 0 Å². The van der Waals surface area contributed by atoms with Crippen molar-refractivity contribution in [2.24, 2.45) is 0 Å². The zero-order chi connectivity index (χ0) is 8.53. The Bertz CT molecular complexity index is 106. The van der Waals surface area contributed by atoms with Crippen LogP contribution < -0.4 is 5.32 Å². The van der Waals surface area contributed by atoms with E-state index in [-0.39, 0.29) is 0 Å².